The topological polar surface area (TPSA) is 88.3 Å². The summed E-state index contributed by atoms with van der Waals surface area (Å²) in [5.41, 5.74) is 3.93. The van der Waals surface area contributed by atoms with E-state index >= 15 is 0 Å². The SMILES string of the molecule is COc1ccc([C@@H]2CC(=O)c3cc(C(=O)Nc4c(C)cccc4C)c(=O)[nH]c3C2)cc1. The molecule has 1 aromatic heterocycles. The Kier molecular flexibility index (Phi) is 5.46. The second-order valence-corrected chi connectivity index (χ2v) is 7.93. The fraction of sp³-hybridized carbons (Fsp3) is 0.240. The number of aromatic amines is 1. The summed E-state index contributed by atoms with van der Waals surface area (Å²) in [5.74, 6) is 0.112. The van der Waals surface area contributed by atoms with Crippen LogP contribution in [0.4, 0.5) is 5.69 Å². The van der Waals surface area contributed by atoms with E-state index in [2.05, 4.69) is 10.3 Å². The maximum atomic E-state index is 12.9. The lowest BCUT2D eigenvalue weighted by molar-refractivity contribution is 0.0963. The molecular formula is C25H24N2O4. The third-order valence-corrected chi connectivity index (χ3v) is 5.86. The van der Waals surface area contributed by atoms with Crippen LogP contribution in [0.1, 0.15) is 55.4 Å². The van der Waals surface area contributed by atoms with Crippen molar-refractivity contribution in [3.63, 3.8) is 0 Å². The van der Waals surface area contributed by atoms with Crippen LogP contribution in [0, 0.1) is 13.8 Å². The van der Waals surface area contributed by atoms with Gasteiger partial charge in [-0.25, -0.2) is 0 Å². The number of ketones is 1. The van der Waals surface area contributed by atoms with Gasteiger partial charge < -0.3 is 15.0 Å². The summed E-state index contributed by atoms with van der Waals surface area (Å²) in [4.78, 5) is 41.2. The van der Waals surface area contributed by atoms with E-state index < -0.39 is 11.5 Å². The predicted octanol–water partition coefficient (Wildman–Crippen LogP) is 4.17. The molecule has 0 radical (unpaired) electrons. The molecule has 0 bridgehead atoms. The number of para-hydroxylation sites is 1. The van der Waals surface area contributed by atoms with E-state index in [0.29, 0.717) is 29.8 Å². The Morgan fingerprint density at radius 3 is 2.35 bits per heavy atom. The summed E-state index contributed by atoms with van der Waals surface area (Å²) in [6, 6.07) is 14.7. The minimum absolute atomic E-state index is 0.0316. The van der Waals surface area contributed by atoms with E-state index in [9.17, 15) is 14.4 Å². The molecule has 6 heteroatoms. The molecule has 1 aliphatic rings. The number of methoxy groups -OCH3 is 1. The number of amides is 1. The summed E-state index contributed by atoms with van der Waals surface area (Å²) in [6.07, 6.45) is 0.852. The van der Waals surface area contributed by atoms with Crippen LogP contribution >= 0.6 is 0 Å². The first-order valence-corrected chi connectivity index (χ1v) is 10.2. The number of H-pyrrole nitrogens is 1. The Hall–Kier alpha value is -3.67. The van der Waals surface area contributed by atoms with Crippen LogP contribution in [0.3, 0.4) is 0 Å². The van der Waals surface area contributed by atoms with Gasteiger partial charge >= 0.3 is 0 Å². The van der Waals surface area contributed by atoms with E-state index in [0.717, 1.165) is 22.4 Å². The number of ether oxygens (including phenoxy) is 1. The van der Waals surface area contributed by atoms with Crippen LogP contribution < -0.4 is 15.6 Å². The van der Waals surface area contributed by atoms with Crippen molar-refractivity contribution in [1.82, 2.24) is 4.98 Å². The van der Waals surface area contributed by atoms with Gasteiger partial charge in [-0.05, 0) is 61.1 Å². The first kappa shape index (κ1) is 20.6. The highest BCUT2D eigenvalue weighted by atomic mass is 16.5. The number of aromatic nitrogens is 1. The minimum Gasteiger partial charge on any atom is -0.497 e. The van der Waals surface area contributed by atoms with Gasteiger partial charge in [0.15, 0.2) is 5.78 Å². The van der Waals surface area contributed by atoms with Crippen molar-refractivity contribution in [2.24, 2.45) is 0 Å². The Morgan fingerprint density at radius 1 is 1.03 bits per heavy atom. The van der Waals surface area contributed by atoms with Gasteiger partial charge in [-0.3, -0.25) is 14.4 Å². The van der Waals surface area contributed by atoms with E-state index in [1.54, 1.807) is 7.11 Å². The third-order valence-electron chi connectivity index (χ3n) is 5.86. The molecule has 3 aromatic rings. The molecule has 1 heterocycles. The standard InChI is InChI=1S/C25H24N2O4/c1-14-5-4-6-15(2)23(14)27-25(30)20-13-19-21(26-24(20)29)11-17(12-22(19)28)16-7-9-18(31-3)10-8-16/h4-10,13,17H,11-12H2,1-3H3,(H,26,29)(H,27,30)/t17-/m0/s1. The van der Waals surface area contributed by atoms with E-state index in [1.165, 1.54) is 6.07 Å². The molecule has 1 atom stereocenters. The summed E-state index contributed by atoms with van der Waals surface area (Å²) in [5, 5.41) is 2.82. The lowest BCUT2D eigenvalue weighted by atomic mass is 9.81. The fourth-order valence-electron chi connectivity index (χ4n) is 4.10. The van der Waals surface area contributed by atoms with Gasteiger partial charge in [0.1, 0.15) is 11.3 Å². The highest BCUT2D eigenvalue weighted by molar-refractivity contribution is 6.07. The van der Waals surface area contributed by atoms with Crippen molar-refractivity contribution in [1.29, 1.82) is 0 Å². The minimum atomic E-state index is -0.522. The van der Waals surface area contributed by atoms with Gasteiger partial charge in [0.2, 0.25) is 0 Å². The number of hydrogen-bond donors (Lipinski definition) is 2. The number of anilines is 1. The van der Waals surface area contributed by atoms with Crippen molar-refractivity contribution in [2.75, 3.05) is 12.4 Å². The average Bonchev–Trinajstić information content (AvgIpc) is 2.75. The molecule has 0 fully saturated rings. The van der Waals surface area contributed by atoms with Gasteiger partial charge in [-0.15, -0.1) is 0 Å². The van der Waals surface area contributed by atoms with Crippen LogP contribution in [-0.4, -0.2) is 23.8 Å². The van der Waals surface area contributed by atoms with Crippen molar-refractivity contribution in [3.05, 3.63) is 92.4 Å². The van der Waals surface area contributed by atoms with Crippen molar-refractivity contribution >= 4 is 17.4 Å². The van der Waals surface area contributed by atoms with Crippen LogP contribution in [0.15, 0.2) is 53.3 Å². The lowest BCUT2D eigenvalue weighted by Crippen LogP contribution is -2.29. The number of benzene rings is 2. The molecule has 0 unspecified atom stereocenters. The Labute approximate surface area is 180 Å². The molecule has 158 valence electrons. The number of hydrogen-bond acceptors (Lipinski definition) is 4. The number of aryl methyl sites for hydroxylation is 2. The molecule has 0 saturated heterocycles. The number of nitrogens with one attached hydrogen (secondary N) is 2. The monoisotopic (exact) mass is 416 g/mol. The second-order valence-electron chi connectivity index (χ2n) is 7.93. The smallest absolute Gasteiger partial charge is 0.261 e. The number of rotatable bonds is 4. The van der Waals surface area contributed by atoms with Crippen molar-refractivity contribution in [2.45, 2.75) is 32.6 Å². The summed E-state index contributed by atoms with van der Waals surface area (Å²) < 4.78 is 5.19. The van der Waals surface area contributed by atoms with Crippen LogP contribution in [-0.2, 0) is 6.42 Å². The number of carbonyl (C=O) groups excluding carboxylic acids is 2. The fourth-order valence-corrected chi connectivity index (χ4v) is 4.10. The number of fused-ring (bicyclic) bond motifs is 1. The number of pyridine rings is 1. The summed E-state index contributed by atoms with van der Waals surface area (Å²) >= 11 is 0. The summed E-state index contributed by atoms with van der Waals surface area (Å²) in [6.45, 7) is 3.78. The maximum Gasteiger partial charge on any atom is 0.261 e. The highest BCUT2D eigenvalue weighted by Crippen LogP contribution is 2.32. The Morgan fingerprint density at radius 2 is 1.71 bits per heavy atom. The molecule has 0 aliphatic heterocycles. The van der Waals surface area contributed by atoms with Gasteiger partial charge in [0.25, 0.3) is 11.5 Å². The zero-order valence-electron chi connectivity index (χ0n) is 17.7. The van der Waals surface area contributed by atoms with E-state index in [1.807, 2.05) is 56.3 Å². The van der Waals surface area contributed by atoms with Crippen molar-refractivity contribution < 1.29 is 14.3 Å². The first-order valence-electron chi connectivity index (χ1n) is 10.2. The molecule has 0 spiro atoms. The van der Waals surface area contributed by atoms with E-state index in [4.69, 9.17) is 4.74 Å². The van der Waals surface area contributed by atoms with Crippen LogP contribution in [0.5, 0.6) is 5.75 Å². The summed E-state index contributed by atoms with van der Waals surface area (Å²) in [7, 11) is 1.61. The molecule has 6 nitrogen and oxygen atoms in total. The van der Waals surface area contributed by atoms with Gasteiger partial charge in [-0.2, -0.15) is 0 Å². The average molecular weight is 416 g/mol. The van der Waals surface area contributed by atoms with E-state index in [-0.39, 0.29) is 17.3 Å². The zero-order valence-corrected chi connectivity index (χ0v) is 17.7. The molecule has 2 N–H and O–H groups in total. The highest BCUT2D eigenvalue weighted by Gasteiger charge is 2.29. The number of carbonyl (C=O) groups is 2. The van der Waals surface area contributed by atoms with Gasteiger partial charge in [-0.1, -0.05) is 30.3 Å². The van der Waals surface area contributed by atoms with Crippen LogP contribution in [0.25, 0.3) is 0 Å². The maximum absolute atomic E-state index is 12.9. The third kappa shape index (κ3) is 4.01. The van der Waals surface area contributed by atoms with Crippen LogP contribution in [0.2, 0.25) is 0 Å². The molecule has 2 aromatic carbocycles. The largest absolute Gasteiger partial charge is 0.497 e. The number of Topliss-reactive ketones (excluding diaryl/α,β-unsaturated/α-hetero) is 1. The van der Waals surface area contributed by atoms with Gasteiger partial charge in [0.05, 0.1) is 7.11 Å². The predicted molar refractivity (Wildman–Crippen MR) is 119 cm³/mol. The Balaban J connectivity index is 1.62. The quantitative estimate of drug-likeness (QED) is 0.668. The normalized spacial score (nSPS) is 15.3. The first-order chi connectivity index (χ1) is 14.9. The molecule has 4 rings (SSSR count). The second kappa shape index (κ2) is 8.22. The molecule has 31 heavy (non-hydrogen) atoms. The molecule has 0 saturated carbocycles. The Bertz CT molecular complexity index is 1210. The molecule has 1 aliphatic carbocycles. The van der Waals surface area contributed by atoms with Crippen molar-refractivity contribution in [3.8, 4) is 5.75 Å². The van der Waals surface area contributed by atoms with Gasteiger partial charge in [0, 0.05) is 23.4 Å². The molecular weight excluding hydrogens is 392 g/mol. The molecule has 1 amide bonds. The zero-order chi connectivity index (χ0) is 22.1. The lowest BCUT2D eigenvalue weighted by Gasteiger charge is -2.24.